The van der Waals surface area contributed by atoms with Gasteiger partial charge in [0.1, 0.15) is 6.17 Å². The highest BCUT2D eigenvalue weighted by atomic mass is 19.3. The van der Waals surface area contributed by atoms with Crippen LogP contribution < -0.4 is 0 Å². The summed E-state index contributed by atoms with van der Waals surface area (Å²) in [7, 11) is 0. The topological polar surface area (TPSA) is 0 Å². The normalized spacial score (nSPS) is 15.3. The van der Waals surface area contributed by atoms with Crippen LogP contribution in [0.15, 0.2) is 0 Å². The van der Waals surface area contributed by atoms with Crippen molar-refractivity contribution in [2.45, 2.75) is 45.2 Å². The van der Waals surface area contributed by atoms with Gasteiger partial charge in [0.15, 0.2) is 0 Å². The van der Waals surface area contributed by atoms with Crippen molar-refractivity contribution in [2.24, 2.45) is 0 Å². The molecule has 0 fully saturated rings. The van der Waals surface area contributed by atoms with E-state index in [0.29, 0.717) is 0 Å². The van der Waals surface area contributed by atoms with Gasteiger partial charge in [0.25, 0.3) is 5.92 Å². The SMILES string of the molecule is CC[C@H](F)CC(F)(F)CC. The van der Waals surface area contributed by atoms with Crippen molar-refractivity contribution in [1.29, 1.82) is 0 Å². The summed E-state index contributed by atoms with van der Waals surface area (Å²) in [6.45, 7) is 2.93. The highest BCUT2D eigenvalue weighted by Crippen LogP contribution is 2.26. The van der Waals surface area contributed by atoms with E-state index in [0.717, 1.165) is 0 Å². The van der Waals surface area contributed by atoms with Gasteiger partial charge in [0.2, 0.25) is 0 Å². The average Bonchev–Trinajstić information content (AvgIpc) is 1.87. The minimum absolute atomic E-state index is 0.176. The molecule has 0 aliphatic rings. The molecule has 10 heavy (non-hydrogen) atoms. The zero-order chi connectivity index (χ0) is 8.20. The molecule has 0 amide bonds. The molecule has 0 bridgehead atoms. The molecule has 0 saturated heterocycles. The molecular formula is C7H13F3. The number of alkyl halides is 3. The Morgan fingerprint density at radius 1 is 1.30 bits per heavy atom. The molecule has 0 aromatic heterocycles. The summed E-state index contributed by atoms with van der Waals surface area (Å²) >= 11 is 0. The fraction of sp³-hybridized carbons (Fsp3) is 1.00. The quantitative estimate of drug-likeness (QED) is 0.583. The fourth-order valence-corrected chi connectivity index (χ4v) is 0.613. The minimum atomic E-state index is -2.81. The van der Waals surface area contributed by atoms with Crippen LogP contribution in [0.5, 0.6) is 0 Å². The molecule has 1 atom stereocenters. The molecule has 0 spiro atoms. The summed E-state index contributed by atoms with van der Waals surface area (Å²) in [5.74, 6) is -2.81. The van der Waals surface area contributed by atoms with Crippen LogP contribution in [0.4, 0.5) is 13.2 Å². The van der Waals surface area contributed by atoms with Gasteiger partial charge in [0, 0.05) is 12.8 Å². The standard InChI is InChI=1S/C7H13F3/c1-3-6(8)5-7(9,10)4-2/h6H,3-5H2,1-2H3/t6-/m0/s1. The molecule has 0 aliphatic heterocycles. The van der Waals surface area contributed by atoms with E-state index in [-0.39, 0.29) is 12.8 Å². The van der Waals surface area contributed by atoms with Gasteiger partial charge in [-0.1, -0.05) is 13.8 Å². The summed E-state index contributed by atoms with van der Waals surface area (Å²) < 4.78 is 37.0. The number of halogens is 3. The smallest absolute Gasteiger partial charge is 0.247 e. The predicted molar refractivity (Wildman–Crippen MR) is 35.0 cm³/mol. The third-order valence-electron chi connectivity index (χ3n) is 1.48. The van der Waals surface area contributed by atoms with Gasteiger partial charge >= 0.3 is 0 Å². The highest BCUT2D eigenvalue weighted by Gasteiger charge is 2.29. The zero-order valence-electron chi connectivity index (χ0n) is 6.33. The minimum Gasteiger partial charge on any atom is -0.247 e. The summed E-state index contributed by atoms with van der Waals surface area (Å²) in [6, 6.07) is 0. The Morgan fingerprint density at radius 3 is 2.10 bits per heavy atom. The first-order chi connectivity index (χ1) is 4.52. The molecule has 0 aromatic carbocycles. The molecule has 0 nitrogen and oxygen atoms in total. The summed E-state index contributed by atoms with van der Waals surface area (Å²) in [6.07, 6.45) is -2.07. The molecule has 0 heterocycles. The Balaban J connectivity index is 3.64. The summed E-state index contributed by atoms with van der Waals surface area (Å²) in [5.41, 5.74) is 0. The van der Waals surface area contributed by atoms with Crippen molar-refractivity contribution < 1.29 is 13.2 Å². The van der Waals surface area contributed by atoms with E-state index in [1.165, 1.54) is 6.92 Å². The highest BCUT2D eigenvalue weighted by molar-refractivity contribution is 4.68. The Labute approximate surface area is 59.4 Å². The van der Waals surface area contributed by atoms with Gasteiger partial charge in [-0.15, -0.1) is 0 Å². The van der Waals surface area contributed by atoms with E-state index in [2.05, 4.69) is 0 Å². The van der Waals surface area contributed by atoms with E-state index >= 15 is 0 Å². The third-order valence-corrected chi connectivity index (χ3v) is 1.48. The van der Waals surface area contributed by atoms with Gasteiger partial charge in [-0.05, 0) is 6.42 Å². The zero-order valence-corrected chi connectivity index (χ0v) is 6.33. The van der Waals surface area contributed by atoms with Crippen LogP contribution in [0.25, 0.3) is 0 Å². The van der Waals surface area contributed by atoms with E-state index in [9.17, 15) is 13.2 Å². The van der Waals surface area contributed by atoms with Crippen LogP contribution in [-0.4, -0.2) is 12.1 Å². The van der Waals surface area contributed by atoms with Crippen molar-refractivity contribution in [2.75, 3.05) is 0 Å². The van der Waals surface area contributed by atoms with Crippen LogP contribution in [0.1, 0.15) is 33.1 Å². The summed E-state index contributed by atoms with van der Waals surface area (Å²) in [4.78, 5) is 0. The maximum atomic E-state index is 12.4. The lowest BCUT2D eigenvalue weighted by atomic mass is 10.1. The van der Waals surface area contributed by atoms with Gasteiger partial charge in [0.05, 0.1) is 0 Å². The van der Waals surface area contributed by atoms with Crippen LogP contribution in [0, 0.1) is 0 Å². The lowest BCUT2D eigenvalue weighted by molar-refractivity contribution is -0.0317. The van der Waals surface area contributed by atoms with Crippen LogP contribution in [0.3, 0.4) is 0 Å². The predicted octanol–water partition coefficient (Wildman–Crippen LogP) is 3.17. The summed E-state index contributed by atoms with van der Waals surface area (Å²) in [5, 5.41) is 0. The van der Waals surface area contributed by atoms with Crippen molar-refractivity contribution in [3.05, 3.63) is 0 Å². The maximum absolute atomic E-state index is 12.4. The monoisotopic (exact) mass is 154 g/mol. The number of rotatable bonds is 4. The Hall–Kier alpha value is -0.210. The maximum Gasteiger partial charge on any atom is 0.250 e. The molecule has 0 aromatic rings. The molecule has 0 radical (unpaired) electrons. The second kappa shape index (κ2) is 3.84. The van der Waals surface area contributed by atoms with Crippen molar-refractivity contribution >= 4 is 0 Å². The van der Waals surface area contributed by atoms with Gasteiger partial charge in [-0.2, -0.15) is 0 Å². The first-order valence-electron chi connectivity index (χ1n) is 3.53. The van der Waals surface area contributed by atoms with Crippen LogP contribution >= 0.6 is 0 Å². The second-order valence-corrected chi connectivity index (χ2v) is 2.42. The molecule has 62 valence electrons. The lowest BCUT2D eigenvalue weighted by Crippen LogP contribution is -2.20. The molecule has 0 N–H and O–H groups in total. The molecule has 0 aliphatic carbocycles. The van der Waals surface area contributed by atoms with Crippen molar-refractivity contribution in [3.8, 4) is 0 Å². The number of hydrogen-bond acceptors (Lipinski definition) is 0. The Morgan fingerprint density at radius 2 is 1.80 bits per heavy atom. The first-order valence-corrected chi connectivity index (χ1v) is 3.53. The van der Waals surface area contributed by atoms with Crippen LogP contribution in [-0.2, 0) is 0 Å². The first kappa shape index (κ1) is 9.79. The fourth-order valence-electron chi connectivity index (χ4n) is 0.613. The third kappa shape index (κ3) is 3.75. The Bertz CT molecular complexity index is 90.9. The second-order valence-electron chi connectivity index (χ2n) is 2.42. The van der Waals surface area contributed by atoms with Crippen LogP contribution in [0.2, 0.25) is 0 Å². The largest absolute Gasteiger partial charge is 0.250 e. The Kier molecular flexibility index (Phi) is 3.76. The van der Waals surface area contributed by atoms with E-state index in [4.69, 9.17) is 0 Å². The molecule has 0 rings (SSSR count). The van der Waals surface area contributed by atoms with Gasteiger partial charge < -0.3 is 0 Å². The average molecular weight is 154 g/mol. The number of hydrogen-bond donors (Lipinski definition) is 0. The molecule has 0 saturated carbocycles. The lowest BCUT2D eigenvalue weighted by Gasteiger charge is -2.15. The molecular weight excluding hydrogens is 141 g/mol. The molecule has 3 heteroatoms. The van der Waals surface area contributed by atoms with E-state index < -0.39 is 18.5 Å². The van der Waals surface area contributed by atoms with E-state index in [1.807, 2.05) is 0 Å². The van der Waals surface area contributed by atoms with Gasteiger partial charge in [-0.3, -0.25) is 0 Å². The molecule has 0 unspecified atom stereocenters. The van der Waals surface area contributed by atoms with Crippen molar-refractivity contribution in [3.63, 3.8) is 0 Å². The van der Waals surface area contributed by atoms with E-state index in [1.54, 1.807) is 6.92 Å². The van der Waals surface area contributed by atoms with Crippen molar-refractivity contribution in [1.82, 2.24) is 0 Å². The van der Waals surface area contributed by atoms with Gasteiger partial charge in [-0.25, -0.2) is 13.2 Å².